The van der Waals surface area contributed by atoms with Crippen molar-refractivity contribution in [3.8, 4) is 0 Å². The molecule has 1 aromatic heterocycles. The second kappa shape index (κ2) is 5.38. The van der Waals surface area contributed by atoms with E-state index in [-0.39, 0.29) is 12.6 Å². The molecule has 0 aliphatic carbocycles. The van der Waals surface area contributed by atoms with E-state index in [0.29, 0.717) is 5.25 Å². The smallest absolute Gasteiger partial charge is 0.0949 e. The maximum absolute atomic E-state index is 8.95. The van der Waals surface area contributed by atoms with E-state index < -0.39 is 0 Å². The molecule has 80 valence electrons. The second-order valence-corrected chi connectivity index (χ2v) is 4.58. The van der Waals surface area contributed by atoms with Gasteiger partial charge in [0, 0.05) is 18.0 Å². The molecule has 5 heteroatoms. The Morgan fingerprint density at radius 1 is 1.71 bits per heavy atom. The summed E-state index contributed by atoms with van der Waals surface area (Å²) in [4.78, 5) is 4.04. The first kappa shape index (κ1) is 11.6. The molecule has 0 aromatic carbocycles. The van der Waals surface area contributed by atoms with Gasteiger partial charge in [-0.2, -0.15) is 11.8 Å². The highest BCUT2D eigenvalue weighted by Crippen LogP contribution is 2.13. The van der Waals surface area contributed by atoms with E-state index in [4.69, 9.17) is 10.8 Å². The lowest BCUT2D eigenvalue weighted by molar-refractivity contribution is 0.263. The van der Waals surface area contributed by atoms with Crippen LogP contribution in [0.4, 0.5) is 0 Å². The summed E-state index contributed by atoms with van der Waals surface area (Å²) in [6.45, 7) is 2.99. The zero-order valence-electron chi connectivity index (χ0n) is 8.55. The predicted molar refractivity (Wildman–Crippen MR) is 59.2 cm³/mol. The van der Waals surface area contributed by atoms with Crippen molar-refractivity contribution in [3.63, 3.8) is 0 Å². The summed E-state index contributed by atoms with van der Waals surface area (Å²) in [6.07, 6.45) is 5.55. The van der Waals surface area contributed by atoms with Crippen LogP contribution < -0.4 is 5.73 Å². The molecule has 14 heavy (non-hydrogen) atoms. The van der Waals surface area contributed by atoms with Crippen LogP contribution in [0.5, 0.6) is 0 Å². The number of nitrogens with zero attached hydrogens (tertiary/aromatic N) is 2. The van der Waals surface area contributed by atoms with Crippen LogP contribution in [0.3, 0.4) is 0 Å². The lowest BCUT2D eigenvalue weighted by Gasteiger charge is -2.15. The van der Waals surface area contributed by atoms with Crippen LogP contribution in [0.25, 0.3) is 0 Å². The fourth-order valence-electron chi connectivity index (χ4n) is 1.24. The van der Waals surface area contributed by atoms with Gasteiger partial charge in [-0.05, 0) is 6.26 Å². The third-order valence-corrected chi connectivity index (χ3v) is 3.13. The number of rotatable bonds is 5. The van der Waals surface area contributed by atoms with Gasteiger partial charge >= 0.3 is 0 Å². The minimum Gasteiger partial charge on any atom is -0.394 e. The number of nitrogens with two attached hydrogens (primary N) is 1. The van der Waals surface area contributed by atoms with Crippen LogP contribution >= 0.6 is 11.8 Å². The van der Waals surface area contributed by atoms with Gasteiger partial charge < -0.3 is 15.4 Å². The zero-order valence-corrected chi connectivity index (χ0v) is 9.37. The van der Waals surface area contributed by atoms with Crippen molar-refractivity contribution in [1.82, 2.24) is 9.55 Å². The number of aromatic nitrogens is 2. The van der Waals surface area contributed by atoms with E-state index >= 15 is 0 Å². The number of hydrogen-bond donors (Lipinski definition) is 2. The van der Waals surface area contributed by atoms with Gasteiger partial charge in [-0.15, -0.1) is 0 Å². The average molecular weight is 215 g/mol. The molecule has 0 aliphatic heterocycles. The summed E-state index contributed by atoms with van der Waals surface area (Å²) >= 11 is 1.80. The Labute approximate surface area is 88.5 Å². The van der Waals surface area contributed by atoms with E-state index in [9.17, 15) is 0 Å². The Morgan fingerprint density at radius 2 is 2.43 bits per heavy atom. The monoisotopic (exact) mass is 215 g/mol. The molecule has 0 bridgehead atoms. The minimum absolute atomic E-state index is 0.0423. The second-order valence-electron chi connectivity index (χ2n) is 3.31. The van der Waals surface area contributed by atoms with Crippen molar-refractivity contribution in [2.45, 2.75) is 24.8 Å². The topological polar surface area (TPSA) is 64.1 Å². The average Bonchev–Trinajstić information content (AvgIpc) is 2.64. The van der Waals surface area contributed by atoms with E-state index in [1.165, 1.54) is 0 Å². The summed E-state index contributed by atoms with van der Waals surface area (Å²) in [5.74, 6) is 0. The largest absolute Gasteiger partial charge is 0.394 e. The van der Waals surface area contributed by atoms with Crippen LogP contribution in [-0.4, -0.2) is 32.8 Å². The molecule has 0 amide bonds. The Bertz CT molecular complexity index is 277. The van der Waals surface area contributed by atoms with E-state index in [0.717, 1.165) is 12.2 Å². The third kappa shape index (κ3) is 2.73. The number of thioether (sulfide) groups is 1. The molecule has 2 atom stereocenters. The lowest BCUT2D eigenvalue weighted by atomic mass is 10.2. The Balaban J connectivity index is 2.72. The SMILES string of the molecule is CSC(C)Cn1cncc1C(N)CO. The zero-order chi connectivity index (χ0) is 10.6. The normalized spacial score (nSPS) is 15.4. The fourth-order valence-corrected chi connectivity index (χ4v) is 1.55. The molecule has 0 saturated heterocycles. The van der Waals surface area contributed by atoms with Crippen LogP contribution in [-0.2, 0) is 6.54 Å². The molecule has 1 heterocycles. The Morgan fingerprint density at radius 3 is 3.00 bits per heavy atom. The molecular weight excluding hydrogens is 198 g/mol. The summed E-state index contributed by atoms with van der Waals surface area (Å²) in [5, 5.41) is 9.47. The highest BCUT2D eigenvalue weighted by molar-refractivity contribution is 7.99. The fraction of sp³-hybridized carbons (Fsp3) is 0.667. The lowest BCUT2D eigenvalue weighted by Crippen LogP contribution is -2.20. The van der Waals surface area contributed by atoms with Crippen LogP contribution in [0, 0.1) is 0 Å². The van der Waals surface area contributed by atoms with Crippen molar-refractivity contribution in [2.75, 3.05) is 12.9 Å². The van der Waals surface area contributed by atoms with Gasteiger partial charge in [-0.25, -0.2) is 4.98 Å². The van der Waals surface area contributed by atoms with Crippen molar-refractivity contribution < 1.29 is 5.11 Å². The van der Waals surface area contributed by atoms with Crippen LogP contribution in [0.15, 0.2) is 12.5 Å². The first-order valence-electron chi connectivity index (χ1n) is 4.58. The predicted octanol–water partition coefficient (Wildman–Crippen LogP) is 0.627. The van der Waals surface area contributed by atoms with Crippen molar-refractivity contribution in [1.29, 1.82) is 0 Å². The number of aliphatic hydroxyl groups is 1. The van der Waals surface area contributed by atoms with Crippen LogP contribution in [0.2, 0.25) is 0 Å². The van der Waals surface area contributed by atoms with Gasteiger partial charge in [0.1, 0.15) is 0 Å². The molecule has 0 saturated carbocycles. The summed E-state index contributed by atoms with van der Waals surface area (Å²) in [5.41, 5.74) is 6.64. The van der Waals surface area contributed by atoms with Gasteiger partial charge in [-0.1, -0.05) is 6.92 Å². The number of aliphatic hydroxyl groups excluding tert-OH is 1. The third-order valence-electron chi connectivity index (χ3n) is 2.18. The van der Waals surface area contributed by atoms with Gasteiger partial charge in [0.2, 0.25) is 0 Å². The maximum atomic E-state index is 8.95. The molecule has 3 N–H and O–H groups in total. The number of hydrogen-bond acceptors (Lipinski definition) is 4. The molecule has 0 radical (unpaired) electrons. The quantitative estimate of drug-likeness (QED) is 0.756. The summed E-state index contributed by atoms with van der Waals surface area (Å²) in [7, 11) is 0. The first-order valence-corrected chi connectivity index (χ1v) is 5.87. The molecule has 2 unspecified atom stereocenters. The molecule has 0 fully saturated rings. The molecule has 0 spiro atoms. The van der Waals surface area contributed by atoms with Crippen LogP contribution in [0.1, 0.15) is 18.7 Å². The van der Waals surface area contributed by atoms with E-state index in [1.54, 1.807) is 24.3 Å². The Kier molecular flexibility index (Phi) is 4.44. The maximum Gasteiger partial charge on any atom is 0.0949 e. The molecule has 4 nitrogen and oxygen atoms in total. The van der Waals surface area contributed by atoms with Crippen molar-refractivity contribution in [2.24, 2.45) is 5.73 Å². The van der Waals surface area contributed by atoms with Crippen molar-refractivity contribution in [3.05, 3.63) is 18.2 Å². The Hall–Kier alpha value is -0.520. The van der Waals surface area contributed by atoms with Gasteiger partial charge in [0.25, 0.3) is 0 Å². The number of imidazole rings is 1. The first-order chi connectivity index (χ1) is 6.69. The van der Waals surface area contributed by atoms with E-state index in [1.807, 2.05) is 4.57 Å². The van der Waals surface area contributed by atoms with E-state index in [2.05, 4.69) is 18.2 Å². The molecule has 1 rings (SSSR count). The minimum atomic E-state index is -0.327. The molecule has 0 aliphatic rings. The van der Waals surface area contributed by atoms with Crippen molar-refractivity contribution >= 4 is 11.8 Å². The standard InChI is InChI=1S/C9H17N3OS/c1-7(14-2)4-12-6-11-3-9(12)8(10)5-13/h3,6-8,13H,4-5,10H2,1-2H3. The summed E-state index contributed by atoms with van der Waals surface area (Å²) in [6, 6.07) is -0.327. The summed E-state index contributed by atoms with van der Waals surface area (Å²) < 4.78 is 2.00. The molecular formula is C9H17N3OS. The highest BCUT2D eigenvalue weighted by atomic mass is 32.2. The molecule has 1 aromatic rings. The van der Waals surface area contributed by atoms with Gasteiger partial charge in [-0.3, -0.25) is 0 Å². The van der Waals surface area contributed by atoms with Gasteiger partial charge in [0.15, 0.2) is 0 Å². The highest BCUT2D eigenvalue weighted by Gasteiger charge is 2.11. The van der Waals surface area contributed by atoms with Gasteiger partial charge in [0.05, 0.1) is 24.7 Å².